The van der Waals surface area contributed by atoms with Crippen molar-refractivity contribution in [3.63, 3.8) is 0 Å². The van der Waals surface area contributed by atoms with Gasteiger partial charge in [-0.15, -0.1) is 0 Å². The maximum atomic E-state index is 12.9. The van der Waals surface area contributed by atoms with Crippen LogP contribution in [0.3, 0.4) is 0 Å². The zero-order chi connectivity index (χ0) is 22.1. The quantitative estimate of drug-likeness (QED) is 0.549. The molecule has 2 amide bonds. The van der Waals surface area contributed by atoms with Crippen molar-refractivity contribution in [2.45, 2.75) is 44.8 Å². The number of anilines is 1. The van der Waals surface area contributed by atoms with Gasteiger partial charge in [-0.1, -0.05) is 11.3 Å². The predicted octanol–water partition coefficient (Wildman–Crippen LogP) is 1.26. The number of nitrogens with one attached hydrogen (secondary N) is 2. The maximum Gasteiger partial charge on any atom is 0.273 e. The lowest BCUT2D eigenvalue weighted by molar-refractivity contribution is -0.125. The first-order chi connectivity index (χ1) is 15.6. The van der Waals surface area contributed by atoms with Gasteiger partial charge < -0.3 is 20.0 Å². The highest BCUT2D eigenvalue weighted by molar-refractivity contribution is 7.22. The molecule has 3 aromatic heterocycles. The van der Waals surface area contributed by atoms with Crippen molar-refractivity contribution in [3.8, 4) is 0 Å². The number of carbonyl (C=O) groups is 2. The number of hydrogen-bond donors (Lipinski definition) is 2. The Hall–Kier alpha value is -3.21. The molecule has 1 atom stereocenters. The lowest BCUT2D eigenvalue weighted by Gasteiger charge is -2.31. The van der Waals surface area contributed by atoms with E-state index in [0.717, 1.165) is 32.2 Å². The number of amides is 2. The molecule has 2 fully saturated rings. The molecule has 3 aromatic rings. The molecule has 32 heavy (non-hydrogen) atoms. The minimum atomic E-state index is -0.310. The molecule has 2 aliphatic rings. The van der Waals surface area contributed by atoms with E-state index in [-0.39, 0.29) is 36.4 Å². The van der Waals surface area contributed by atoms with Crippen LogP contribution in [0.25, 0.3) is 10.3 Å². The number of hydrogen-bond acceptors (Lipinski definition) is 8. The van der Waals surface area contributed by atoms with Crippen molar-refractivity contribution in [2.75, 3.05) is 18.0 Å². The second-order valence-corrected chi connectivity index (χ2v) is 9.23. The Labute approximate surface area is 187 Å². The Bertz CT molecular complexity index is 1180. The van der Waals surface area contributed by atoms with Gasteiger partial charge in [-0.25, -0.2) is 4.98 Å². The maximum absolute atomic E-state index is 12.9. The zero-order valence-electron chi connectivity index (χ0n) is 17.5. The average Bonchev–Trinajstić information content (AvgIpc) is 3.27. The number of furan rings is 1. The molecule has 2 N–H and O–H groups in total. The van der Waals surface area contributed by atoms with E-state index in [2.05, 4.69) is 25.5 Å². The summed E-state index contributed by atoms with van der Waals surface area (Å²) in [6.45, 7) is 1.49. The van der Waals surface area contributed by atoms with E-state index in [1.165, 1.54) is 28.5 Å². The third-order valence-corrected chi connectivity index (χ3v) is 6.81. The Balaban J connectivity index is 1.27. The van der Waals surface area contributed by atoms with Gasteiger partial charge in [0, 0.05) is 19.1 Å². The van der Waals surface area contributed by atoms with Gasteiger partial charge >= 0.3 is 0 Å². The third kappa shape index (κ3) is 4.52. The summed E-state index contributed by atoms with van der Waals surface area (Å²) in [5.41, 5.74) is 0.0683. The van der Waals surface area contributed by atoms with Gasteiger partial charge in [-0.05, 0) is 37.8 Å². The molecular formula is C21H24N6O4S. The summed E-state index contributed by atoms with van der Waals surface area (Å²) < 4.78 is 6.88. The molecular weight excluding hydrogens is 432 g/mol. The molecule has 0 aromatic carbocycles. The van der Waals surface area contributed by atoms with Crippen LogP contribution >= 0.6 is 11.3 Å². The summed E-state index contributed by atoms with van der Waals surface area (Å²) >= 11 is 1.26. The smallest absolute Gasteiger partial charge is 0.273 e. The number of rotatable bonds is 7. The van der Waals surface area contributed by atoms with Crippen molar-refractivity contribution in [1.82, 2.24) is 25.2 Å². The highest BCUT2D eigenvalue weighted by Gasteiger charge is 2.31. The summed E-state index contributed by atoms with van der Waals surface area (Å²) in [5, 5.41) is 6.49. The highest BCUT2D eigenvalue weighted by Crippen LogP contribution is 2.30. The molecule has 5 rings (SSSR count). The van der Waals surface area contributed by atoms with Gasteiger partial charge in [0.25, 0.3) is 5.56 Å². The van der Waals surface area contributed by atoms with Crippen molar-refractivity contribution < 1.29 is 14.0 Å². The standard InChI is InChI=1S/C21H24N6O4S/c28-16(22-9-15-4-2-8-31-15)11-27-12-23-18-17(20(27)30)32-21(25-18)26-7-1-3-13(10-26)19(29)24-14-5-6-14/h2,4,8,12-14H,1,3,5-7,9-11H2,(H,22,28)(H,24,29)/t13-/m0/s1. The fourth-order valence-electron chi connectivity index (χ4n) is 3.80. The Morgan fingerprint density at radius 3 is 2.94 bits per heavy atom. The summed E-state index contributed by atoms with van der Waals surface area (Å²) in [4.78, 5) is 48.5. The monoisotopic (exact) mass is 456 g/mol. The van der Waals surface area contributed by atoms with Crippen molar-refractivity contribution in [3.05, 3.63) is 40.8 Å². The molecule has 4 heterocycles. The Kier molecular flexibility index (Phi) is 5.64. The van der Waals surface area contributed by atoms with Crippen LogP contribution < -0.4 is 21.1 Å². The fraction of sp³-hybridized carbons (Fsp3) is 0.476. The molecule has 0 unspecified atom stereocenters. The number of nitrogens with zero attached hydrogens (tertiary/aromatic N) is 4. The zero-order valence-corrected chi connectivity index (χ0v) is 18.3. The Morgan fingerprint density at radius 1 is 1.28 bits per heavy atom. The van der Waals surface area contributed by atoms with Crippen LogP contribution in [-0.4, -0.2) is 45.5 Å². The van der Waals surface area contributed by atoms with E-state index < -0.39 is 0 Å². The second kappa shape index (κ2) is 8.73. The highest BCUT2D eigenvalue weighted by atomic mass is 32.1. The van der Waals surface area contributed by atoms with Crippen LogP contribution in [0.4, 0.5) is 5.13 Å². The van der Waals surface area contributed by atoms with Crippen LogP contribution in [0.2, 0.25) is 0 Å². The lowest BCUT2D eigenvalue weighted by Crippen LogP contribution is -2.43. The summed E-state index contributed by atoms with van der Waals surface area (Å²) in [6.07, 6.45) is 6.78. The average molecular weight is 457 g/mol. The van der Waals surface area contributed by atoms with Crippen LogP contribution in [0.5, 0.6) is 0 Å². The molecule has 1 aliphatic heterocycles. The summed E-state index contributed by atoms with van der Waals surface area (Å²) in [7, 11) is 0. The lowest BCUT2D eigenvalue weighted by atomic mass is 9.97. The molecule has 10 nitrogen and oxygen atoms in total. The van der Waals surface area contributed by atoms with E-state index in [4.69, 9.17) is 4.42 Å². The second-order valence-electron chi connectivity index (χ2n) is 8.25. The van der Waals surface area contributed by atoms with E-state index in [0.29, 0.717) is 33.8 Å². The number of piperidine rings is 1. The molecule has 11 heteroatoms. The van der Waals surface area contributed by atoms with E-state index in [9.17, 15) is 14.4 Å². The molecule has 1 saturated carbocycles. The molecule has 168 valence electrons. The third-order valence-electron chi connectivity index (χ3n) is 5.71. The number of thiazole rings is 1. The minimum Gasteiger partial charge on any atom is -0.467 e. The number of carbonyl (C=O) groups excluding carboxylic acids is 2. The first-order valence-corrected chi connectivity index (χ1v) is 11.6. The SMILES string of the molecule is O=C(Cn1cnc2nc(N3CCC[C@H](C(=O)NC4CC4)C3)sc2c1=O)NCc1ccco1. The van der Waals surface area contributed by atoms with Gasteiger partial charge in [0.15, 0.2) is 10.8 Å². The summed E-state index contributed by atoms with van der Waals surface area (Å²) in [6, 6.07) is 3.86. The van der Waals surface area contributed by atoms with Crippen LogP contribution in [-0.2, 0) is 22.7 Å². The molecule has 0 bridgehead atoms. The van der Waals surface area contributed by atoms with Gasteiger partial charge in [0.2, 0.25) is 11.8 Å². The van der Waals surface area contributed by atoms with Gasteiger partial charge in [0.05, 0.1) is 18.7 Å². The Morgan fingerprint density at radius 2 is 2.16 bits per heavy atom. The van der Waals surface area contributed by atoms with E-state index in [1.54, 1.807) is 12.1 Å². The molecule has 1 aliphatic carbocycles. The first-order valence-electron chi connectivity index (χ1n) is 10.8. The normalized spacial score (nSPS) is 18.6. The van der Waals surface area contributed by atoms with Gasteiger partial charge in [0.1, 0.15) is 23.3 Å². The van der Waals surface area contributed by atoms with E-state index in [1.807, 2.05) is 0 Å². The minimum absolute atomic E-state index is 0.0705. The first kappa shape index (κ1) is 20.7. The van der Waals surface area contributed by atoms with E-state index >= 15 is 0 Å². The summed E-state index contributed by atoms with van der Waals surface area (Å²) in [5.74, 6) is 0.366. The number of fused-ring (bicyclic) bond motifs is 1. The van der Waals surface area contributed by atoms with Gasteiger partial charge in [-0.2, -0.15) is 4.98 Å². The van der Waals surface area contributed by atoms with Crippen LogP contribution in [0.1, 0.15) is 31.4 Å². The van der Waals surface area contributed by atoms with Crippen molar-refractivity contribution in [1.29, 1.82) is 0 Å². The largest absolute Gasteiger partial charge is 0.467 e. The molecule has 0 spiro atoms. The topological polar surface area (TPSA) is 122 Å². The van der Waals surface area contributed by atoms with Crippen molar-refractivity contribution >= 4 is 38.6 Å². The van der Waals surface area contributed by atoms with Crippen LogP contribution in [0, 0.1) is 5.92 Å². The van der Waals surface area contributed by atoms with Crippen molar-refractivity contribution in [2.24, 2.45) is 5.92 Å². The fourth-order valence-corrected chi connectivity index (χ4v) is 4.81. The van der Waals surface area contributed by atoms with Crippen LogP contribution in [0.15, 0.2) is 33.9 Å². The molecule has 1 saturated heterocycles. The number of aromatic nitrogens is 3. The predicted molar refractivity (Wildman–Crippen MR) is 118 cm³/mol. The molecule has 0 radical (unpaired) electrons. The van der Waals surface area contributed by atoms with Gasteiger partial charge in [-0.3, -0.25) is 19.0 Å².